The topological polar surface area (TPSA) is 75.6 Å². The number of carbonyl (C=O) groups is 2. The minimum atomic E-state index is -0.995. The van der Waals surface area contributed by atoms with Gasteiger partial charge in [0.15, 0.2) is 0 Å². The number of carboxylic acids is 1. The van der Waals surface area contributed by atoms with Crippen LogP contribution in [0.2, 0.25) is 0 Å². The number of rotatable bonds is 6. The standard InChI is InChI=1S/C15H19NO4/c1-11(2)10-20-15(19)16-9-13-5-3-4-12(8-13)6-7-14(17)18/h3-8,11H,9-10H2,1-2H3,(H,16,19)(H,17,18). The van der Waals surface area contributed by atoms with Crippen molar-refractivity contribution in [1.29, 1.82) is 0 Å². The Morgan fingerprint density at radius 2 is 2.15 bits per heavy atom. The normalized spacial score (nSPS) is 10.8. The van der Waals surface area contributed by atoms with Crippen LogP contribution in [0, 0.1) is 5.92 Å². The van der Waals surface area contributed by atoms with Gasteiger partial charge in [-0.05, 0) is 29.2 Å². The smallest absolute Gasteiger partial charge is 0.407 e. The van der Waals surface area contributed by atoms with Gasteiger partial charge in [0.05, 0.1) is 6.61 Å². The lowest BCUT2D eigenvalue weighted by Gasteiger charge is -2.09. The average molecular weight is 277 g/mol. The van der Waals surface area contributed by atoms with Crippen LogP contribution in [0.15, 0.2) is 30.3 Å². The molecule has 1 aromatic carbocycles. The molecule has 108 valence electrons. The first-order chi connectivity index (χ1) is 9.47. The van der Waals surface area contributed by atoms with Crippen molar-refractivity contribution >= 4 is 18.1 Å². The fourth-order valence-electron chi connectivity index (χ4n) is 1.44. The quantitative estimate of drug-likeness (QED) is 0.784. The number of ether oxygens (including phenoxy) is 1. The van der Waals surface area contributed by atoms with Crippen LogP contribution in [0.25, 0.3) is 6.08 Å². The zero-order valence-electron chi connectivity index (χ0n) is 11.6. The number of carboxylic acid groups (broad SMARTS) is 1. The molecule has 0 saturated carbocycles. The molecule has 1 aromatic rings. The van der Waals surface area contributed by atoms with Crippen LogP contribution in [0.4, 0.5) is 4.79 Å². The Morgan fingerprint density at radius 3 is 2.80 bits per heavy atom. The van der Waals surface area contributed by atoms with Crippen molar-refractivity contribution in [3.8, 4) is 0 Å². The minimum Gasteiger partial charge on any atom is -0.478 e. The maximum absolute atomic E-state index is 11.4. The van der Waals surface area contributed by atoms with E-state index in [9.17, 15) is 9.59 Å². The molecule has 0 aromatic heterocycles. The number of benzene rings is 1. The maximum Gasteiger partial charge on any atom is 0.407 e. The van der Waals surface area contributed by atoms with Crippen LogP contribution in [-0.2, 0) is 16.1 Å². The van der Waals surface area contributed by atoms with Crippen molar-refractivity contribution in [2.45, 2.75) is 20.4 Å². The molecule has 0 unspecified atom stereocenters. The van der Waals surface area contributed by atoms with Gasteiger partial charge in [-0.25, -0.2) is 9.59 Å². The average Bonchev–Trinajstić information content (AvgIpc) is 2.41. The summed E-state index contributed by atoms with van der Waals surface area (Å²) in [5.74, 6) is -0.698. The van der Waals surface area contributed by atoms with Crippen LogP contribution in [0.1, 0.15) is 25.0 Å². The number of alkyl carbamates (subject to hydrolysis) is 1. The third kappa shape index (κ3) is 6.58. The number of hydrogen-bond acceptors (Lipinski definition) is 3. The summed E-state index contributed by atoms with van der Waals surface area (Å²) in [5, 5.41) is 11.2. The maximum atomic E-state index is 11.4. The second kappa shape index (κ2) is 7.99. The lowest BCUT2D eigenvalue weighted by atomic mass is 10.1. The summed E-state index contributed by atoms with van der Waals surface area (Å²) in [4.78, 5) is 21.8. The van der Waals surface area contributed by atoms with Gasteiger partial charge in [0.25, 0.3) is 0 Å². The molecule has 0 aliphatic carbocycles. The Hall–Kier alpha value is -2.30. The second-order valence-electron chi connectivity index (χ2n) is 4.76. The highest BCUT2D eigenvalue weighted by atomic mass is 16.5. The molecule has 0 fully saturated rings. The largest absolute Gasteiger partial charge is 0.478 e. The van der Waals surface area contributed by atoms with Gasteiger partial charge in [0, 0.05) is 12.6 Å². The highest BCUT2D eigenvalue weighted by molar-refractivity contribution is 5.85. The van der Waals surface area contributed by atoms with E-state index < -0.39 is 12.1 Å². The highest BCUT2D eigenvalue weighted by Crippen LogP contribution is 2.07. The molecule has 1 rings (SSSR count). The van der Waals surface area contributed by atoms with Gasteiger partial charge in [0.1, 0.15) is 0 Å². The summed E-state index contributed by atoms with van der Waals surface area (Å²) in [6, 6.07) is 7.25. The van der Waals surface area contributed by atoms with Crippen molar-refractivity contribution in [2.24, 2.45) is 5.92 Å². The Balaban J connectivity index is 2.50. The van der Waals surface area contributed by atoms with Gasteiger partial charge in [-0.1, -0.05) is 32.0 Å². The Morgan fingerprint density at radius 1 is 1.40 bits per heavy atom. The van der Waals surface area contributed by atoms with Crippen molar-refractivity contribution < 1.29 is 19.4 Å². The molecular formula is C15H19NO4. The zero-order valence-corrected chi connectivity index (χ0v) is 11.6. The third-order valence-corrected chi connectivity index (χ3v) is 2.35. The molecule has 0 spiro atoms. The van der Waals surface area contributed by atoms with E-state index in [1.165, 1.54) is 6.08 Å². The fraction of sp³-hybridized carbons (Fsp3) is 0.333. The van der Waals surface area contributed by atoms with E-state index >= 15 is 0 Å². The van der Waals surface area contributed by atoms with E-state index in [1.54, 1.807) is 12.1 Å². The number of hydrogen-bond donors (Lipinski definition) is 2. The Bertz CT molecular complexity index is 494. The lowest BCUT2D eigenvalue weighted by molar-refractivity contribution is -0.131. The first-order valence-electron chi connectivity index (χ1n) is 6.38. The van der Waals surface area contributed by atoms with Crippen LogP contribution >= 0.6 is 0 Å². The molecule has 5 nitrogen and oxygen atoms in total. The summed E-state index contributed by atoms with van der Waals surface area (Å²) in [7, 11) is 0. The molecular weight excluding hydrogens is 258 g/mol. The summed E-state index contributed by atoms with van der Waals surface area (Å²) >= 11 is 0. The first kappa shape index (κ1) is 15.8. The SMILES string of the molecule is CC(C)COC(=O)NCc1cccc(C=CC(=O)O)c1. The molecule has 0 saturated heterocycles. The molecule has 0 aliphatic rings. The molecule has 0 atom stereocenters. The monoisotopic (exact) mass is 277 g/mol. The van der Waals surface area contributed by atoms with E-state index in [-0.39, 0.29) is 0 Å². The summed E-state index contributed by atoms with van der Waals surface area (Å²) in [6.45, 7) is 4.65. The summed E-state index contributed by atoms with van der Waals surface area (Å²) in [6.07, 6.45) is 2.12. The Labute approximate surface area is 118 Å². The molecule has 1 amide bonds. The van der Waals surface area contributed by atoms with Gasteiger partial charge in [0.2, 0.25) is 0 Å². The lowest BCUT2D eigenvalue weighted by Crippen LogP contribution is -2.25. The van der Waals surface area contributed by atoms with E-state index in [0.717, 1.165) is 17.2 Å². The summed E-state index contributed by atoms with van der Waals surface area (Å²) in [5.41, 5.74) is 1.64. The van der Waals surface area contributed by atoms with Crippen LogP contribution in [-0.4, -0.2) is 23.8 Å². The van der Waals surface area contributed by atoms with Crippen molar-refractivity contribution in [1.82, 2.24) is 5.32 Å². The molecule has 0 aliphatic heterocycles. The van der Waals surface area contributed by atoms with Crippen molar-refractivity contribution in [3.05, 3.63) is 41.5 Å². The zero-order chi connectivity index (χ0) is 15.0. The fourth-order valence-corrected chi connectivity index (χ4v) is 1.44. The minimum absolute atomic E-state index is 0.297. The van der Waals surface area contributed by atoms with Gasteiger partial charge in [-0.2, -0.15) is 0 Å². The van der Waals surface area contributed by atoms with E-state index in [2.05, 4.69) is 5.32 Å². The predicted octanol–water partition coefficient (Wildman–Crippen LogP) is 2.67. The van der Waals surface area contributed by atoms with Crippen LogP contribution in [0.5, 0.6) is 0 Å². The van der Waals surface area contributed by atoms with E-state index in [4.69, 9.17) is 9.84 Å². The Kier molecular flexibility index (Phi) is 6.29. The molecule has 0 radical (unpaired) electrons. The third-order valence-electron chi connectivity index (χ3n) is 2.35. The number of carbonyl (C=O) groups excluding carboxylic acids is 1. The molecule has 2 N–H and O–H groups in total. The van der Waals surface area contributed by atoms with E-state index in [0.29, 0.717) is 19.1 Å². The molecule has 0 heterocycles. The van der Waals surface area contributed by atoms with Gasteiger partial charge >= 0.3 is 12.1 Å². The highest BCUT2D eigenvalue weighted by Gasteiger charge is 2.03. The van der Waals surface area contributed by atoms with E-state index in [1.807, 2.05) is 26.0 Å². The molecule has 0 bridgehead atoms. The second-order valence-corrected chi connectivity index (χ2v) is 4.76. The number of aliphatic carboxylic acids is 1. The van der Waals surface area contributed by atoms with Gasteiger partial charge in [-0.15, -0.1) is 0 Å². The molecule has 20 heavy (non-hydrogen) atoms. The van der Waals surface area contributed by atoms with Crippen molar-refractivity contribution in [3.63, 3.8) is 0 Å². The first-order valence-corrected chi connectivity index (χ1v) is 6.38. The predicted molar refractivity (Wildman–Crippen MR) is 76.1 cm³/mol. The van der Waals surface area contributed by atoms with Crippen molar-refractivity contribution in [2.75, 3.05) is 6.61 Å². The van der Waals surface area contributed by atoms with Crippen LogP contribution < -0.4 is 5.32 Å². The molecule has 5 heteroatoms. The number of nitrogens with one attached hydrogen (secondary N) is 1. The van der Waals surface area contributed by atoms with Gasteiger partial charge < -0.3 is 15.2 Å². The summed E-state index contributed by atoms with van der Waals surface area (Å²) < 4.78 is 4.99. The number of amides is 1. The van der Waals surface area contributed by atoms with Crippen LogP contribution in [0.3, 0.4) is 0 Å². The van der Waals surface area contributed by atoms with Gasteiger partial charge in [-0.3, -0.25) is 0 Å².